The van der Waals surface area contributed by atoms with Crippen LogP contribution in [0.15, 0.2) is 54.6 Å². The van der Waals surface area contributed by atoms with E-state index < -0.39 is 5.97 Å². The van der Waals surface area contributed by atoms with Gasteiger partial charge in [-0.2, -0.15) is 0 Å². The SMILES string of the molecule is O=C(O)CCCCCCC/C=C\C/C=C\CCCCCC/C=C/c1ccc(O)cc1. The minimum absolute atomic E-state index is 0.311. The summed E-state index contributed by atoms with van der Waals surface area (Å²) < 4.78 is 0. The summed E-state index contributed by atoms with van der Waals surface area (Å²) >= 11 is 0. The van der Waals surface area contributed by atoms with Gasteiger partial charge >= 0.3 is 5.97 Å². The molecule has 1 rings (SSSR count). The molecular formula is C27H40O3. The van der Waals surface area contributed by atoms with E-state index in [4.69, 9.17) is 5.11 Å². The minimum Gasteiger partial charge on any atom is -0.508 e. The number of carboxylic acid groups (broad SMARTS) is 1. The van der Waals surface area contributed by atoms with Gasteiger partial charge in [-0.25, -0.2) is 0 Å². The Morgan fingerprint density at radius 3 is 1.73 bits per heavy atom. The lowest BCUT2D eigenvalue weighted by Crippen LogP contribution is -1.93. The zero-order valence-electron chi connectivity index (χ0n) is 18.5. The molecule has 0 saturated heterocycles. The molecule has 0 aliphatic carbocycles. The number of aromatic hydroxyl groups is 1. The molecule has 0 spiro atoms. The molecule has 0 radical (unpaired) electrons. The summed E-state index contributed by atoms with van der Waals surface area (Å²) in [5.74, 6) is -0.364. The molecule has 30 heavy (non-hydrogen) atoms. The molecule has 0 aromatic heterocycles. The number of rotatable bonds is 18. The average Bonchev–Trinajstić information content (AvgIpc) is 2.73. The Hall–Kier alpha value is -2.29. The maximum Gasteiger partial charge on any atom is 0.303 e. The second kappa shape index (κ2) is 18.7. The van der Waals surface area contributed by atoms with Crippen LogP contribution in [0.1, 0.15) is 95.5 Å². The standard InChI is InChI=1S/C27H40O3/c28-26-23-21-25(22-24-26)19-17-15-13-11-9-7-5-3-1-2-4-6-8-10-12-14-16-18-20-27(29)30/h1,3-4,6,17,19,21-24,28H,2,5,7-16,18,20H2,(H,29,30)/b3-1-,6-4-,19-17+. The van der Waals surface area contributed by atoms with Crippen molar-refractivity contribution in [2.24, 2.45) is 0 Å². The second-order valence-electron chi connectivity index (χ2n) is 7.86. The summed E-state index contributed by atoms with van der Waals surface area (Å²) in [6, 6.07) is 7.30. The predicted octanol–water partition coefficient (Wildman–Crippen LogP) is 8.06. The molecule has 0 aliphatic heterocycles. The van der Waals surface area contributed by atoms with Crippen LogP contribution in [0, 0.1) is 0 Å². The Bertz CT molecular complexity index is 626. The van der Waals surface area contributed by atoms with Gasteiger partial charge in [0.2, 0.25) is 0 Å². The first-order chi connectivity index (χ1) is 14.7. The monoisotopic (exact) mass is 412 g/mol. The summed E-state index contributed by atoms with van der Waals surface area (Å²) in [7, 11) is 0. The van der Waals surface area contributed by atoms with Gasteiger partial charge in [0.25, 0.3) is 0 Å². The van der Waals surface area contributed by atoms with Gasteiger partial charge in [-0.05, 0) is 69.1 Å². The van der Waals surface area contributed by atoms with Crippen molar-refractivity contribution >= 4 is 12.0 Å². The number of unbranched alkanes of at least 4 members (excludes halogenated alkanes) is 10. The first kappa shape index (κ1) is 25.7. The summed E-state index contributed by atoms with van der Waals surface area (Å²) in [6.45, 7) is 0. The molecule has 0 fully saturated rings. The molecule has 1 aromatic rings. The van der Waals surface area contributed by atoms with Crippen molar-refractivity contribution in [1.82, 2.24) is 0 Å². The highest BCUT2D eigenvalue weighted by Gasteiger charge is 1.95. The topological polar surface area (TPSA) is 57.5 Å². The number of carboxylic acids is 1. The van der Waals surface area contributed by atoms with Gasteiger partial charge in [0.1, 0.15) is 5.75 Å². The molecule has 0 amide bonds. The quantitative estimate of drug-likeness (QED) is 0.189. The van der Waals surface area contributed by atoms with Crippen molar-refractivity contribution in [3.63, 3.8) is 0 Å². The summed E-state index contributed by atoms with van der Waals surface area (Å²) in [6.07, 6.45) is 28.7. The molecule has 1 aromatic carbocycles. The molecule has 0 atom stereocenters. The van der Waals surface area contributed by atoms with Gasteiger partial charge in [-0.1, -0.05) is 80.7 Å². The third kappa shape index (κ3) is 16.6. The van der Waals surface area contributed by atoms with Crippen molar-refractivity contribution in [2.45, 2.75) is 89.9 Å². The Kier molecular flexibility index (Phi) is 16.1. The van der Waals surface area contributed by atoms with E-state index in [1.807, 2.05) is 12.1 Å². The van der Waals surface area contributed by atoms with E-state index in [9.17, 15) is 9.90 Å². The van der Waals surface area contributed by atoms with E-state index in [-0.39, 0.29) is 0 Å². The smallest absolute Gasteiger partial charge is 0.303 e. The van der Waals surface area contributed by atoms with Crippen LogP contribution in [0.4, 0.5) is 0 Å². The van der Waals surface area contributed by atoms with E-state index in [0.29, 0.717) is 12.2 Å². The van der Waals surface area contributed by atoms with E-state index in [2.05, 4.69) is 36.5 Å². The molecule has 0 heterocycles. The molecule has 3 nitrogen and oxygen atoms in total. The third-order valence-electron chi connectivity index (χ3n) is 5.06. The summed E-state index contributed by atoms with van der Waals surface area (Å²) in [5.41, 5.74) is 1.14. The average molecular weight is 413 g/mol. The van der Waals surface area contributed by atoms with Crippen LogP contribution in [0.3, 0.4) is 0 Å². The molecule has 2 N–H and O–H groups in total. The number of hydrogen-bond acceptors (Lipinski definition) is 2. The third-order valence-corrected chi connectivity index (χ3v) is 5.06. The van der Waals surface area contributed by atoms with Crippen LogP contribution in [0.25, 0.3) is 6.08 Å². The molecule has 0 saturated carbocycles. The fourth-order valence-corrected chi connectivity index (χ4v) is 3.26. The Morgan fingerprint density at radius 1 is 0.667 bits per heavy atom. The molecular weight excluding hydrogens is 372 g/mol. The van der Waals surface area contributed by atoms with Gasteiger partial charge in [-0.15, -0.1) is 0 Å². The number of allylic oxidation sites excluding steroid dienone is 5. The van der Waals surface area contributed by atoms with Gasteiger partial charge in [0, 0.05) is 6.42 Å². The highest BCUT2D eigenvalue weighted by atomic mass is 16.4. The maximum absolute atomic E-state index is 10.4. The fraction of sp³-hybridized carbons (Fsp3) is 0.519. The predicted molar refractivity (Wildman–Crippen MR) is 128 cm³/mol. The van der Waals surface area contributed by atoms with Gasteiger partial charge < -0.3 is 10.2 Å². The number of hydrogen-bond donors (Lipinski definition) is 2. The van der Waals surface area contributed by atoms with Crippen molar-refractivity contribution in [2.75, 3.05) is 0 Å². The Morgan fingerprint density at radius 2 is 1.17 bits per heavy atom. The molecule has 0 bridgehead atoms. The second-order valence-corrected chi connectivity index (χ2v) is 7.86. The fourth-order valence-electron chi connectivity index (χ4n) is 3.26. The van der Waals surface area contributed by atoms with Crippen LogP contribution in [0.2, 0.25) is 0 Å². The lowest BCUT2D eigenvalue weighted by Gasteiger charge is -1.98. The zero-order chi connectivity index (χ0) is 21.7. The first-order valence-corrected chi connectivity index (χ1v) is 11.7. The lowest BCUT2D eigenvalue weighted by molar-refractivity contribution is -0.137. The van der Waals surface area contributed by atoms with Crippen LogP contribution < -0.4 is 0 Å². The van der Waals surface area contributed by atoms with Crippen molar-refractivity contribution in [3.8, 4) is 5.75 Å². The van der Waals surface area contributed by atoms with Crippen LogP contribution in [-0.2, 0) is 4.79 Å². The van der Waals surface area contributed by atoms with Crippen molar-refractivity contribution < 1.29 is 15.0 Å². The molecule has 3 heteroatoms. The maximum atomic E-state index is 10.4. The van der Waals surface area contributed by atoms with Crippen LogP contribution >= 0.6 is 0 Å². The Labute approximate surface area is 183 Å². The number of phenols is 1. The highest BCUT2D eigenvalue weighted by Crippen LogP contribution is 2.12. The van der Waals surface area contributed by atoms with E-state index >= 15 is 0 Å². The van der Waals surface area contributed by atoms with E-state index in [1.54, 1.807) is 12.1 Å². The zero-order valence-corrected chi connectivity index (χ0v) is 18.5. The van der Waals surface area contributed by atoms with E-state index in [0.717, 1.165) is 44.1 Å². The molecule has 0 aliphatic rings. The van der Waals surface area contributed by atoms with Crippen LogP contribution in [-0.4, -0.2) is 16.2 Å². The number of benzene rings is 1. The summed E-state index contributed by atoms with van der Waals surface area (Å²) in [5, 5.41) is 17.8. The van der Waals surface area contributed by atoms with Crippen LogP contribution in [0.5, 0.6) is 5.75 Å². The van der Waals surface area contributed by atoms with Crippen molar-refractivity contribution in [1.29, 1.82) is 0 Å². The normalized spacial score (nSPS) is 11.9. The Balaban J connectivity index is 1.84. The number of aliphatic carboxylic acids is 1. The van der Waals surface area contributed by atoms with Gasteiger partial charge in [0.15, 0.2) is 0 Å². The molecule has 166 valence electrons. The van der Waals surface area contributed by atoms with E-state index in [1.165, 1.54) is 44.9 Å². The van der Waals surface area contributed by atoms with Gasteiger partial charge in [-0.3, -0.25) is 4.79 Å². The first-order valence-electron chi connectivity index (χ1n) is 11.7. The largest absolute Gasteiger partial charge is 0.508 e. The summed E-state index contributed by atoms with van der Waals surface area (Å²) in [4.78, 5) is 10.4. The minimum atomic E-state index is -0.679. The molecule has 0 unspecified atom stereocenters. The highest BCUT2D eigenvalue weighted by molar-refractivity contribution is 5.66. The van der Waals surface area contributed by atoms with Crippen molar-refractivity contribution in [3.05, 3.63) is 60.2 Å². The lowest BCUT2D eigenvalue weighted by atomic mass is 10.1. The van der Waals surface area contributed by atoms with Gasteiger partial charge in [0.05, 0.1) is 0 Å². The number of carbonyl (C=O) groups is 1. The number of phenolic OH excluding ortho intramolecular Hbond substituents is 1.